The Bertz CT molecular complexity index is 568. The minimum atomic E-state index is -3.46. The van der Waals surface area contributed by atoms with Gasteiger partial charge in [-0.05, 0) is 24.7 Å². The Morgan fingerprint density at radius 3 is 2.67 bits per heavy atom. The molecule has 0 saturated carbocycles. The van der Waals surface area contributed by atoms with Gasteiger partial charge in [0.15, 0.2) is 0 Å². The van der Waals surface area contributed by atoms with E-state index >= 15 is 0 Å². The van der Waals surface area contributed by atoms with Gasteiger partial charge in [-0.3, -0.25) is 0 Å². The van der Waals surface area contributed by atoms with Gasteiger partial charge in [0.25, 0.3) is 0 Å². The van der Waals surface area contributed by atoms with E-state index in [1.807, 2.05) is 6.92 Å². The molecule has 6 nitrogen and oxygen atoms in total. The molecule has 1 aromatic carbocycles. The van der Waals surface area contributed by atoms with Crippen LogP contribution in [-0.4, -0.2) is 52.7 Å². The molecule has 7 heteroatoms. The van der Waals surface area contributed by atoms with Crippen LogP contribution in [0.25, 0.3) is 0 Å². The molecular formula is C14H22N2O4S. The smallest absolute Gasteiger partial charge is 0.243 e. The molecule has 0 atom stereocenters. The van der Waals surface area contributed by atoms with Crippen molar-refractivity contribution in [1.82, 2.24) is 9.62 Å². The molecule has 0 unspecified atom stereocenters. The van der Waals surface area contributed by atoms with Gasteiger partial charge in [-0.2, -0.15) is 4.31 Å². The maximum absolute atomic E-state index is 12.6. The highest BCUT2D eigenvalue weighted by molar-refractivity contribution is 7.89. The molecule has 1 heterocycles. The molecule has 21 heavy (non-hydrogen) atoms. The molecular weight excluding hydrogens is 292 g/mol. The molecule has 1 aromatic rings. The number of hydrogen-bond donors (Lipinski definition) is 1. The number of sulfonamides is 1. The Hall–Kier alpha value is -1.15. The van der Waals surface area contributed by atoms with Crippen LogP contribution in [0.3, 0.4) is 0 Å². The molecule has 1 fully saturated rings. The minimum Gasteiger partial charge on any atom is -0.496 e. The van der Waals surface area contributed by atoms with Gasteiger partial charge in [0.2, 0.25) is 10.0 Å². The van der Waals surface area contributed by atoms with E-state index in [1.54, 1.807) is 25.3 Å². The first-order valence-corrected chi connectivity index (χ1v) is 8.49. The summed E-state index contributed by atoms with van der Waals surface area (Å²) < 4.78 is 37.2. The van der Waals surface area contributed by atoms with Gasteiger partial charge >= 0.3 is 0 Å². The SMILES string of the molecule is CCNCc1cc(S(=O)(=O)N2CCOCC2)ccc1OC. The normalized spacial score (nSPS) is 16.9. The lowest BCUT2D eigenvalue weighted by Gasteiger charge is -2.26. The molecule has 0 aromatic heterocycles. The fraction of sp³-hybridized carbons (Fsp3) is 0.571. The van der Waals surface area contributed by atoms with Crippen LogP contribution in [0.2, 0.25) is 0 Å². The lowest BCUT2D eigenvalue weighted by atomic mass is 10.2. The number of hydrogen-bond acceptors (Lipinski definition) is 5. The van der Waals surface area contributed by atoms with Crippen LogP contribution in [0.15, 0.2) is 23.1 Å². The van der Waals surface area contributed by atoms with Crippen LogP contribution in [0.1, 0.15) is 12.5 Å². The summed E-state index contributed by atoms with van der Waals surface area (Å²) in [4.78, 5) is 0.304. The van der Waals surface area contributed by atoms with E-state index in [9.17, 15) is 8.42 Å². The second-order valence-electron chi connectivity index (χ2n) is 4.77. The predicted molar refractivity (Wildman–Crippen MR) is 80.0 cm³/mol. The highest BCUT2D eigenvalue weighted by Gasteiger charge is 2.26. The van der Waals surface area contributed by atoms with E-state index < -0.39 is 10.0 Å². The Morgan fingerprint density at radius 1 is 1.33 bits per heavy atom. The quantitative estimate of drug-likeness (QED) is 0.842. The number of benzene rings is 1. The van der Waals surface area contributed by atoms with Crippen molar-refractivity contribution < 1.29 is 17.9 Å². The number of nitrogens with one attached hydrogen (secondary N) is 1. The molecule has 1 aliphatic heterocycles. The van der Waals surface area contributed by atoms with E-state index in [4.69, 9.17) is 9.47 Å². The van der Waals surface area contributed by atoms with Gasteiger partial charge in [-0.1, -0.05) is 6.92 Å². The van der Waals surface area contributed by atoms with Crippen LogP contribution < -0.4 is 10.1 Å². The second kappa shape index (κ2) is 7.22. The summed E-state index contributed by atoms with van der Waals surface area (Å²) in [5.74, 6) is 0.692. The van der Waals surface area contributed by atoms with Gasteiger partial charge in [-0.15, -0.1) is 0 Å². The molecule has 118 valence electrons. The number of methoxy groups -OCH3 is 1. The number of rotatable bonds is 6. The van der Waals surface area contributed by atoms with Crippen molar-refractivity contribution in [3.63, 3.8) is 0 Å². The first-order valence-electron chi connectivity index (χ1n) is 7.05. The molecule has 0 spiro atoms. The third kappa shape index (κ3) is 3.74. The maximum atomic E-state index is 12.6. The fourth-order valence-electron chi connectivity index (χ4n) is 2.25. The Labute approximate surface area is 126 Å². The largest absolute Gasteiger partial charge is 0.496 e. The molecule has 0 radical (unpaired) electrons. The Kier molecular flexibility index (Phi) is 5.58. The van der Waals surface area contributed by atoms with E-state index in [2.05, 4.69) is 5.32 Å². The molecule has 1 N–H and O–H groups in total. The van der Waals surface area contributed by atoms with Gasteiger partial charge in [-0.25, -0.2) is 8.42 Å². The predicted octanol–water partition coefficient (Wildman–Crippen LogP) is 0.826. The van der Waals surface area contributed by atoms with Crippen molar-refractivity contribution in [3.05, 3.63) is 23.8 Å². The van der Waals surface area contributed by atoms with Crippen LogP contribution in [0, 0.1) is 0 Å². The zero-order valence-electron chi connectivity index (χ0n) is 12.5. The zero-order valence-corrected chi connectivity index (χ0v) is 13.3. The van der Waals surface area contributed by atoms with Crippen molar-refractivity contribution in [1.29, 1.82) is 0 Å². The third-order valence-electron chi connectivity index (χ3n) is 3.43. The number of ether oxygens (including phenoxy) is 2. The highest BCUT2D eigenvalue weighted by atomic mass is 32.2. The molecule has 0 bridgehead atoms. The fourth-order valence-corrected chi connectivity index (χ4v) is 3.71. The number of nitrogens with zero attached hydrogens (tertiary/aromatic N) is 1. The second-order valence-corrected chi connectivity index (χ2v) is 6.71. The summed E-state index contributed by atoms with van der Waals surface area (Å²) in [6.45, 7) is 5.07. The van der Waals surface area contributed by atoms with Crippen molar-refractivity contribution in [3.8, 4) is 5.75 Å². The van der Waals surface area contributed by atoms with Crippen LogP contribution >= 0.6 is 0 Å². The van der Waals surface area contributed by atoms with Crippen LogP contribution in [0.5, 0.6) is 5.75 Å². The first kappa shape index (κ1) is 16.2. The monoisotopic (exact) mass is 314 g/mol. The van der Waals surface area contributed by atoms with E-state index in [-0.39, 0.29) is 0 Å². The van der Waals surface area contributed by atoms with Crippen molar-refractivity contribution in [2.24, 2.45) is 0 Å². The summed E-state index contributed by atoms with van der Waals surface area (Å²) in [5.41, 5.74) is 0.841. The first-order chi connectivity index (χ1) is 10.1. The van der Waals surface area contributed by atoms with Gasteiger partial charge in [0.05, 0.1) is 25.2 Å². The summed E-state index contributed by atoms with van der Waals surface area (Å²) in [5, 5.41) is 3.19. The van der Waals surface area contributed by atoms with E-state index in [0.717, 1.165) is 12.1 Å². The van der Waals surface area contributed by atoms with E-state index in [0.29, 0.717) is 43.5 Å². The minimum absolute atomic E-state index is 0.304. The standard InChI is InChI=1S/C14H22N2O4S/c1-3-15-11-12-10-13(4-5-14(12)19-2)21(17,18)16-6-8-20-9-7-16/h4-5,10,15H,3,6-9,11H2,1-2H3. The summed E-state index contributed by atoms with van der Waals surface area (Å²) >= 11 is 0. The van der Waals surface area contributed by atoms with Gasteiger partial charge < -0.3 is 14.8 Å². The van der Waals surface area contributed by atoms with Crippen molar-refractivity contribution in [2.75, 3.05) is 40.0 Å². The topological polar surface area (TPSA) is 67.9 Å². The Balaban J connectivity index is 2.29. The van der Waals surface area contributed by atoms with Gasteiger partial charge in [0, 0.05) is 25.2 Å². The molecule has 1 saturated heterocycles. The van der Waals surface area contributed by atoms with Crippen molar-refractivity contribution in [2.45, 2.75) is 18.4 Å². The van der Waals surface area contributed by atoms with E-state index in [1.165, 1.54) is 4.31 Å². The van der Waals surface area contributed by atoms with Crippen molar-refractivity contribution >= 4 is 10.0 Å². The summed E-state index contributed by atoms with van der Waals surface area (Å²) in [6.07, 6.45) is 0. The summed E-state index contributed by atoms with van der Waals surface area (Å²) in [7, 11) is -1.88. The van der Waals surface area contributed by atoms with Crippen LogP contribution in [-0.2, 0) is 21.3 Å². The van der Waals surface area contributed by atoms with Crippen LogP contribution in [0.4, 0.5) is 0 Å². The molecule has 1 aliphatic rings. The average Bonchev–Trinajstić information content (AvgIpc) is 2.53. The lowest BCUT2D eigenvalue weighted by molar-refractivity contribution is 0.0730. The zero-order chi connectivity index (χ0) is 15.3. The lowest BCUT2D eigenvalue weighted by Crippen LogP contribution is -2.40. The average molecular weight is 314 g/mol. The molecule has 0 aliphatic carbocycles. The highest BCUT2D eigenvalue weighted by Crippen LogP contribution is 2.25. The number of morpholine rings is 1. The summed E-state index contributed by atoms with van der Waals surface area (Å²) in [6, 6.07) is 4.99. The maximum Gasteiger partial charge on any atom is 0.243 e. The van der Waals surface area contributed by atoms with Gasteiger partial charge in [0.1, 0.15) is 5.75 Å². The molecule has 2 rings (SSSR count). The third-order valence-corrected chi connectivity index (χ3v) is 5.32. The molecule has 0 amide bonds. The Morgan fingerprint density at radius 2 is 2.05 bits per heavy atom.